The van der Waals surface area contributed by atoms with Crippen molar-refractivity contribution in [2.24, 2.45) is 17.8 Å². The van der Waals surface area contributed by atoms with Crippen molar-refractivity contribution in [3.05, 3.63) is 35.9 Å². The standard InChI is InChI=1S/C39H63N3O12/c1-10-22(4)30(41(7)28(43)19-21(2)3)27(51-8)20-29(44)42-18-14-17-26(42)34(52-9)23(5)37(48)40-24(6)35(25-15-12-11-13-16-25)53-39-33(47)31(45)32(46)36(54-39)38(49)50/h11-13,15-16,21-24,26-27,30-36,39,45-47H,10,14,17-20H2,1-9H3,(H,40,48)(H,49,50)/t22-,23+,24+,26-,27+,30-,31-,32-,33+,34+,35+,36-,39+/m0/s1. The lowest BCUT2D eigenvalue weighted by Crippen LogP contribution is -2.61. The van der Waals surface area contributed by atoms with Crippen molar-refractivity contribution in [2.45, 2.75) is 141 Å². The van der Waals surface area contributed by atoms with Crippen LogP contribution in [0.2, 0.25) is 0 Å². The number of carbonyl (C=O) groups is 4. The molecule has 15 nitrogen and oxygen atoms in total. The molecule has 2 aliphatic heterocycles. The Bertz CT molecular complexity index is 1370. The van der Waals surface area contributed by atoms with Crippen molar-refractivity contribution >= 4 is 23.7 Å². The van der Waals surface area contributed by atoms with E-state index in [0.717, 1.165) is 6.42 Å². The second-order valence-corrected chi connectivity index (χ2v) is 15.2. The fourth-order valence-electron chi connectivity index (χ4n) is 7.69. The van der Waals surface area contributed by atoms with E-state index in [1.165, 1.54) is 7.11 Å². The highest BCUT2D eigenvalue weighted by molar-refractivity contribution is 5.81. The Labute approximate surface area is 319 Å². The summed E-state index contributed by atoms with van der Waals surface area (Å²) in [6.07, 6.45) is -8.70. The fraction of sp³-hybridized carbons (Fsp3) is 0.744. The quantitative estimate of drug-likeness (QED) is 0.137. The molecule has 0 aliphatic carbocycles. The number of carboxylic acids is 1. The summed E-state index contributed by atoms with van der Waals surface area (Å²) >= 11 is 0. The molecule has 1 aromatic carbocycles. The zero-order valence-electron chi connectivity index (χ0n) is 33.2. The van der Waals surface area contributed by atoms with E-state index in [0.29, 0.717) is 31.4 Å². The molecule has 0 spiro atoms. The van der Waals surface area contributed by atoms with Gasteiger partial charge in [-0.25, -0.2) is 4.79 Å². The number of likely N-dealkylation sites (N-methyl/N-ethyl adjacent to an activating group) is 1. The van der Waals surface area contributed by atoms with E-state index >= 15 is 0 Å². The van der Waals surface area contributed by atoms with Crippen LogP contribution >= 0.6 is 0 Å². The van der Waals surface area contributed by atoms with Gasteiger partial charge in [-0.2, -0.15) is 0 Å². The number of nitrogens with one attached hydrogen (secondary N) is 1. The van der Waals surface area contributed by atoms with Gasteiger partial charge in [0.15, 0.2) is 12.4 Å². The minimum absolute atomic E-state index is 0.000514. The van der Waals surface area contributed by atoms with E-state index in [9.17, 15) is 39.6 Å². The molecule has 13 atom stereocenters. The molecular formula is C39H63N3O12. The summed E-state index contributed by atoms with van der Waals surface area (Å²) in [6.45, 7) is 12.0. The Hall–Kier alpha value is -3.18. The molecule has 0 aromatic heterocycles. The number of methoxy groups -OCH3 is 2. The average molecular weight is 766 g/mol. The molecule has 54 heavy (non-hydrogen) atoms. The van der Waals surface area contributed by atoms with E-state index in [-0.39, 0.29) is 36.1 Å². The van der Waals surface area contributed by atoms with Crippen LogP contribution in [0, 0.1) is 17.8 Å². The molecule has 1 aromatic rings. The van der Waals surface area contributed by atoms with Crippen molar-refractivity contribution in [3.8, 4) is 0 Å². The van der Waals surface area contributed by atoms with Gasteiger partial charge in [0.05, 0.1) is 42.7 Å². The summed E-state index contributed by atoms with van der Waals surface area (Å²) in [5.41, 5.74) is 0.567. The fourth-order valence-corrected chi connectivity index (χ4v) is 7.69. The molecule has 15 heteroatoms. The first-order chi connectivity index (χ1) is 25.5. The summed E-state index contributed by atoms with van der Waals surface area (Å²) in [4.78, 5) is 56.3. The zero-order valence-corrected chi connectivity index (χ0v) is 33.2. The van der Waals surface area contributed by atoms with E-state index in [2.05, 4.69) is 12.2 Å². The number of benzene rings is 1. The molecule has 2 heterocycles. The lowest BCUT2D eigenvalue weighted by atomic mass is 9.90. The Morgan fingerprint density at radius 2 is 1.61 bits per heavy atom. The van der Waals surface area contributed by atoms with Crippen molar-refractivity contribution in [2.75, 3.05) is 27.8 Å². The van der Waals surface area contributed by atoms with Gasteiger partial charge in [-0.1, -0.05) is 71.4 Å². The van der Waals surface area contributed by atoms with Crippen LogP contribution in [0.3, 0.4) is 0 Å². The predicted molar refractivity (Wildman–Crippen MR) is 198 cm³/mol. The van der Waals surface area contributed by atoms with Crippen molar-refractivity contribution in [3.63, 3.8) is 0 Å². The average Bonchev–Trinajstić information content (AvgIpc) is 3.62. The Morgan fingerprint density at radius 3 is 2.17 bits per heavy atom. The molecule has 2 fully saturated rings. The van der Waals surface area contributed by atoms with E-state index in [4.69, 9.17) is 18.9 Å². The van der Waals surface area contributed by atoms with Gasteiger partial charge in [0, 0.05) is 34.2 Å². The number of carboxylic acid groups (broad SMARTS) is 1. The predicted octanol–water partition coefficient (Wildman–Crippen LogP) is 2.11. The van der Waals surface area contributed by atoms with E-state index in [1.54, 1.807) is 68.1 Å². The first-order valence-corrected chi connectivity index (χ1v) is 19.0. The summed E-state index contributed by atoms with van der Waals surface area (Å²) in [5.74, 6) is -2.59. The van der Waals surface area contributed by atoms with Crippen LogP contribution in [0.15, 0.2) is 30.3 Å². The number of aliphatic hydroxyl groups excluding tert-OH is 3. The number of aliphatic carboxylic acids is 1. The smallest absolute Gasteiger partial charge is 0.335 e. The maximum Gasteiger partial charge on any atom is 0.335 e. The summed E-state index contributed by atoms with van der Waals surface area (Å²) in [5, 5.41) is 43.7. The van der Waals surface area contributed by atoms with E-state index in [1.807, 2.05) is 20.8 Å². The van der Waals surface area contributed by atoms with Crippen LogP contribution in [0.5, 0.6) is 0 Å². The normalized spacial score (nSPS) is 27.0. The third-order valence-corrected chi connectivity index (χ3v) is 10.9. The monoisotopic (exact) mass is 765 g/mol. The van der Waals surface area contributed by atoms with Crippen LogP contribution < -0.4 is 5.32 Å². The molecule has 306 valence electrons. The lowest BCUT2D eigenvalue weighted by molar-refractivity contribution is -0.307. The molecular weight excluding hydrogens is 702 g/mol. The molecule has 0 bridgehead atoms. The number of amides is 3. The van der Waals surface area contributed by atoms with Gasteiger partial charge in [-0.15, -0.1) is 0 Å². The molecule has 0 unspecified atom stereocenters. The number of rotatable bonds is 19. The van der Waals surface area contributed by atoms with Crippen LogP contribution in [0.1, 0.15) is 85.3 Å². The first kappa shape index (κ1) is 45.2. The molecule has 3 rings (SSSR count). The molecule has 0 saturated carbocycles. The number of aliphatic hydroxyl groups is 3. The van der Waals surface area contributed by atoms with Crippen LogP contribution in [-0.2, 0) is 38.1 Å². The van der Waals surface area contributed by atoms with Crippen molar-refractivity contribution in [1.82, 2.24) is 15.1 Å². The number of carbonyl (C=O) groups excluding carboxylic acids is 3. The number of likely N-dealkylation sites (tertiary alicyclic amines) is 1. The third-order valence-electron chi connectivity index (χ3n) is 10.9. The lowest BCUT2D eigenvalue weighted by Gasteiger charge is -2.41. The zero-order chi connectivity index (χ0) is 40.4. The largest absolute Gasteiger partial charge is 0.479 e. The molecule has 2 aliphatic rings. The highest BCUT2D eigenvalue weighted by Crippen LogP contribution is 2.32. The highest BCUT2D eigenvalue weighted by Gasteiger charge is 2.49. The SMILES string of the molecule is CC[C@H](C)[C@@H]([C@@H](CC(=O)N1CCC[C@H]1[C@H](OC)[C@@H](C)C(=O)N[C@H](C)[C@@H](O[C@@H]1O[C@H](C(=O)O)[C@@H](O)[C@H](O)[C@H]1O)c1ccccc1)OC)N(C)C(=O)CC(C)C. The molecule has 5 N–H and O–H groups in total. The summed E-state index contributed by atoms with van der Waals surface area (Å²) in [6, 6.07) is 7.21. The van der Waals surface area contributed by atoms with Crippen molar-refractivity contribution < 1.29 is 58.6 Å². The first-order valence-electron chi connectivity index (χ1n) is 19.0. The second-order valence-electron chi connectivity index (χ2n) is 15.2. The van der Waals surface area contributed by atoms with Gasteiger partial charge in [0.1, 0.15) is 24.4 Å². The third kappa shape index (κ3) is 11.0. The van der Waals surface area contributed by atoms with Gasteiger partial charge >= 0.3 is 5.97 Å². The number of hydrogen-bond acceptors (Lipinski definition) is 11. The maximum absolute atomic E-state index is 14.0. The van der Waals surface area contributed by atoms with Crippen LogP contribution in [0.4, 0.5) is 0 Å². The Morgan fingerprint density at radius 1 is 0.963 bits per heavy atom. The van der Waals surface area contributed by atoms with Gasteiger partial charge in [-0.05, 0) is 37.2 Å². The summed E-state index contributed by atoms with van der Waals surface area (Å²) < 4.78 is 23.3. The van der Waals surface area contributed by atoms with Gasteiger partial charge in [0.25, 0.3) is 0 Å². The molecule has 0 radical (unpaired) electrons. The number of ether oxygens (including phenoxy) is 4. The van der Waals surface area contributed by atoms with Crippen LogP contribution in [0.25, 0.3) is 0 Å². The number of hydrogen-bond donors (Lipinski definition) is 5. The number of nitrogens with zero attached hydrogens (tertiary/aromatic N) is 2. The second kappa shape index (κ2) is 20.7. The topological polar surface area (TPSA) is 205 Å². The highest BCUT2D eigenvalue weighted by atomic mass is 16.7. The van der Waals surface area contributed by atoms with Crippen molar-refractivity contribution in [1.29, 1.82) is 0 Å². The molecule has 3 amide bonds. The van der Waals surface area contributed by atoms with Gasteiger partial charge < -0.3 is 54.5 Å². The molecule has 2 saturated heterocycles. The Balaban J connectivity index is 1.78. The van der Waals surface area contributed by atoms with Gasteiger partial charge in [-0.3, -0.25) is 14.4 Å². The van der Waals surface area contributed by atoms with Crippen LogP contribution in [-0.4, -0.2) is 143 Å². The van der Waals surface area contributed by atoms with Gasteiger partial charge in [0.2, 0.25) is 17.7 Å². The van der Waals surface area contributed by atoms with E-state index < -0.39 is 78.9 Å². The summed E-state index contributed by atoms with van der Waals surface area (Å²) in [7, 11) is 4.84. The minimum atomic E-state index is -1.89. The maximum atomic E-state index is 14.0. The Kier molecular flexibility index (Phi) is 17.3. The minimum Gasteiger partial charge on any atom is -0.479 e.